The molecule has 0 aliphatic carbocycles. The smallest absolute Gasteiger partial charge is 0.0378 e. The molecular weight excluding hydrogens is 132 g/mol. The van der Waals surface area contributed by atoms with Crippen LogP contribution in [0.3, 0.4) is 0 Å². The van der Waals surface area contributed by atoms with Crippen LogP contribution >= 0.6 is 0 Å². The Morgan fingerprint density at radius 2 is 1.82 bits per heavy atom. The van der Waals surface area contributed by atoms with Gasteiger partial charge in [-0.3, -0.25) is 0 Å². The molecule has 1 unspecified atom stereocenters. The molecule has 0 heteroatoms. The van der Waals surface area contributed by atoms with Crippen LogP contribution in [0.25, 0.3) is 0 Å². The number of rotatable bonds is 1. The van der Waals surface area contributed by atoms with Crippen molar-refractivity contribution in [3.8, 4) is 11.8 Å². The monoisotopic (exact) mass is 150 g/mol. The van der Waals surface area contributed by atoms with E-state index >= 15 is 0 Å². The number of allylic oxidation sites excluding steroid dienone is 1. The van der Waals surface area contributed by atoms with Gasteiger partial charge < -0.3 is 0 Å². The highest BCUT2D eigenvalue weighted by Crippen LogP contribution is 2.12. The van der Waals surface area contributed by atoms with Crippen LogP contribution in [0.2, 0.25) is 0 Å². The highest BCUT2D eigenvalue weighted by Gasteiger charge is 2.04. The lowest BCUT2D eigenvalue weighted by atomic mass is 9.95. The van der Waals surface area contributed by atoms with Crippen molar-refractivity contribution in [1.29, 1.82) is 0 Å². The van der Waals surface area contributed by atoms with Gasteiger partial charge in [0.05, 0.1) is 0 Å². The Morgan fingerprint density at radius 1 is 1.36 bits per heavy atom. The molecule has 0 aliphatic heterocycles. The average molecular weight is 150 g/mol. The summed E-state index contributed by atoms with van der Waals surface area (Å²) in [5.74, 6) is 6.69. The summed E-state index contributed by atoms with van der Waals surface area (Å²) in [7, 11) is 0. The molecular formula is C11H18. The second-order valence-electron chi connectivity index (χ2n) is 4.09. The summed E-state index contributed by atoms with van der Waals surface area (Å²) in [6, 6.07) is 0. The molecule has 0 amide bonds. The molecule has 0 radical (unpaired) electrons. The van der Waals surface area contributed by atoms with E-state index in [1.807, 2.05) is 6.92 Å². The van der Waals surface area contributed by atoms with Gasteiger partial charge in [0, 0.05) is 11.3 Å². The van der Waals surface area contributed by atoms with Gasteiger partial charge in [-0.25, -0.2) is 0 Å². The molecule has 0 aromatic rings. The minimum Gasteiger partial charge on any atom is -0.0989 e. The van der Waals surface area contributed by atoms with Crippen molar-refractivity contribution in [3.05, 3.63) is 12.2 Å². The second kappa shape index (κ2) is 3.62. The Balaban J connectivity index is 4.19. The molecule has 0 heterocycles. The first-order chi connectivity index (χ1) is 4.83. The van der Waals surface area contributed by atoms with Crippen LogP contribution in [-0.2, 0) is 0 Å². The van der Waals surface area contributed by atoms with Gasteiger partial charge in [0.25, 0.3) is 0 Å². The topological polar surface area (TPSA) is 0 Å². The van der Waals surface area contributed by atoms with Gasteiger partial charge >= 0.3 is 0 Å². The van der Waals surface area contributed by atoms with Crippen molar-refractivity contribution in [2.45, 2.75) is 34.6 Å². The summed E-state index contributed by atoms with van der Waals surface area (Å²) >= 11 is 0. The summed E-state index contributed by atoms with van der Waals surface area (Å²) in [6.07, 6.45) is 0. The van der Waals surface area contributed by atoms with Gasteiger partial charge in [0.1, 0.15) is 0 Å². The average Bonchev–Trinajstić information content (AvgIpc) is 1.80. The molecule has 0 N–H and O–H groups in total. The third-order valence-electron chi connectivity index (χ3n) is 1.40. The fraction of sp³-hybridized carbons (Fsp3) is 0.636. The zero-order valence-corrected chi connectivity index (χ0v) is 8.28. The maximum absolute atomic E-state index is 3.85. The van der Waals surface area contributed by atoms with E-state index in [1.54, 1.807) is 0 Å². The molecule has 0 nitrogen and oxygen atoms in total. The lowest BCUT2D eigenvalue weighted by Crippen LogP contribution is -2.01. The molecule has 62 valence electrons. The van der Waals surface area contributed by atoms with Crippen LogP contribution in [-0.4, -0.2) is 0 Å². The van der Waals surface area contributed by atoms with E-state index in [0.717, 1.165) is 5.57 Å². The molecule has 0 fully saturated rings. The minimum absolute atomic E-state index is 0.115. The standard InChI is InChI=1S/C11H18/c1-9(2)10(3)7-8-11(4,5)6/h10H,1H2,2-6H3. The Bertz CT molecular complexity index is 192. The fourth-order valence-corrected chi connectivity index (χ4v) is 0.448. The molecule has 0 bridgehead atoms. The van der Waals surface area contributed by atoms with Gasteiger partial charge in [-0.15, -0.1) is 0 Å². The predicted octanol–water partition coefficient (Wildman–Crippen LogP) is 3.25. The normalized spacial score (nSPS) is 13.2. The van der Waals surface area contributed by atoms with Gasteiger partial charge in [-0.2, -0.15) is 0 Å². The molecule has 0 aromatic carbocycles. The van der Waals surface area contributed by atoms with Crippen LogP contribution in [0.4, 0.5) is 0 Å². The summed E-state index contributed by atoms with van der Waals surface area (Å²) < 4.78 is 0. The van der Waals surface area contributed by atoms with Crippen molar-refractivity contribution in [1.82, 2.24) is 0 Å². The number of hydrogen-bond donors (Lipinski definition) is 0. The predicted molar refractivity (Wildman–Crippen MR) is 51.2 cm³/mol. The Morgan fingerprint density at radius 3 is 2.09 bits per heavy atom. The van der Waals surface area contributed by atoms with E-state index in [-0.39, 0.29) is 5.41 Å². The van der Waals surface area contributed by atoms with Crippen LogP contribution in [0, 0.1) is 23.2 Å². The summed E-state index contributed by atoms with van der Waals surface area (Å²) in [6.45, 7) is 14.3. The van der Waals surface area contributed by atoms with Crippen LogP contribution in [0.15, 0.2) is 12.2 Å². The molecule has 0 spiro atoms. The van der Waals surface area contributed by atoms with Crippen molar-refractivity contribution >= 4 is 0 Å². The van der Waals surface area contributed by atoms with Gasteiger partial charge in [-0.1, -0.05) is 24.0 Å². The van der Waals surface area contributed by atoms with Gasteiger partial charge in [0.2, 0.25) is 0 Å². The second-order valence-corrected chi connectivity index (χ2v) is 4.09. The third kappa shape index (κ3) is 5.73. The van der Waals surface area contributed by atoms with Crippen LogP contribution < -0.4 is 0 Å². The third-order valence-corrected chi connectivity index (χ3v) is 1.40. The first kappa shape index (κ1) is 10.3. The Labute approximate surface area is 70.7 Å². The molecule has 1 atom stereocenters. The van der Waals surface area contributed by atoms with Crippen molar-refractivity contribution < 1.29 is 0 Å². The maximum Gasteiger partial charge on any atom is 0.0378 e. The van der Waals surface area contributed by atoms with E-state index in [9.17, 15) is 0 Å². The van der Waals surface area contributed by atoms with Crippen molar-refractivity contribution in [3.63, 3.8) is 0 Å². The fourth-order valence-electron chi connectivity index (χ4n) is 0.448. The van der Waals surface area contributed by atoms with E-state index < -0.39 is 0 Å². The van der Waals surface area contributed by atoms with Crippen LogP contribution in [0.5, 0.6) is 0 Å². The lowest BCUT2D eigenvalue weighted by Gasteiger charge is -2.08. The molecule has 11 heavy (non-hydrogen) atoms. The molecule has 0 aliphatic rings. The minimum atomic E-state index is 0.115. The van der Waals surface area contributed by atoms with E-state index in [2.05, 4.69) is 46.1 Å². The molecule has 0 saturated carbocycles. The summed E-state index contributed by atoms with van der Waals surface area (Å²) in [4.78, 5) is 0. The van der Waals surface area contributed by atoms with E-state index in [1.165, 1.54) is 0 Å². The zero-order chi connectivity index (χ0) is 9.07. The summed E-state index contributed by atoms with van der Waals surface area (Å²) in [5.41, 5.74) is 1.26. The van der Waals surface area contributed by atoms with Gasteiger partial charge in [0.15, 0.2) is 0 Å². The maximum atomic E-state index is 3.85. The van der Waals surface area contributed by atoms with E-state index in [4.69, 9.17) is 0 Å². The first-order valence-electron chi connectivity index (χ1n) is 4.01. The highest BCUT2D eigenvalue weighted by molar-refractivity contribution is 5.17. The summed E-state index contributed by atoms with van der Waals surface area (Å²) in [5, 5.41) is 0. The van der Waals surface area contributed by atoms with E-state index in [0.29, 0.717) is 5.92 Å². The molecule has 0 saturated heterocycles. The van der Waals surface area contributed by atoms with Crippen molar-refractivity contribution in [2.24, 2.45) is 11.3 Å². The Kier molecular flexibility index (Phi) is 3.39. The lowest BCUT2D eigenvalue weighted by molar-refractivity contribution is 0.569. The zero-order valence-electron chi connectivity index (χ0n) is 8.28. The largest absolute Gasteiger partial charge is 0.0989 e. The Hall–Kier alpha value is -0.700. The van der Waals surface area contributed by atoms with Gasteiger partial charge in [-0.05, 0) is 34.6 Å². The molecule has 0 rings (SSSR count). The molecule has 0 aromatic heterocycles. The first-order valence-corrected chi connectivity index (χ1v) is 4.01. The van der Waals surface area contributed by atoms with Crippen LogP contribution in [0.1, 0.15) is 34.6 Å². The van der Waals surface area contributed by atoms with Crippen molar-refractivity contribution in [2.75, 3.05) is 0 Å². The number of hydrogen-bond acceptors (Lipinski definition) is 0. The SMILES string of the molecule is C=C(C)C(C)C#CC(C)(C)C. The highest BCUT2D eigenvalue weighted by atomic mass is 14.1. The quantitative estimate of drug-likeness (QED) is 0.397.